The highest BCUT2D eigenvalue weighted by Gasteiger charge is 2.42. The predicted octanol–water partition coefficient (Wildman–Crippen LogP) is 5.84. The zero-order chi connectivity index (χ0) is 24.5. The van der Waals surface area contributed by atoms with Gasteiger partial charge in [0.2, 0.25) is 0 Å². The van der Waals surface area contributed by atoms with E-state index in [9.17, 15) is 18.0 Å². The van der Waals surface area contributed by atoms with Gasteiger partial charge >= 0.3 is 12.3 Å². The molecule has 2 aromatic rings. The number of nitrogens with zero attached hydrogens (tertiary/aromatic N) is 2. The molecule has 0 aromatic heterocycles. The highest BCUT2D eigenvalue weighted by atomic mass is 35.5. The van der Waals surface area contributed by atoms with Crippen molar-refractivity contribution in [2.75, 3.05) is 20.2 Å². The van der Waals surface area contributed by atoms with Crippen molar-refractivity contribution in [2.24, 2.45) is 5.16 Å². The number of hydrogen-bond donors (Lipinski definition) is 0. The van der Waals surface area contributed by atoms with Gasteiger partial charge in [-0.25, -0.2) is 4.79 Å². The number of methoxy groups -OCH3 is 1. The van der Waals surface area contributed by atoms with Crippen molar-refractivity contribution >= 4 is 34.9 Å². The van der Waals surface area contributed by atoms with E-state index in [2.05, 4.69) is 14.8 Å². The molecule has 0 bridgehead atoms. The van der Waals surface area contributed by atoms with Gasteiger partial charge in [-0.05, 0) is 35.4 Å². The number of carbonyl (C=O) groups is 1. The molecule has 2 aliphatic rings. The largest absolute Gasteiger partial charge is 0.573 e. The van der Waals surface area contributed by atoms with E-state index in [0.29, 0.717) is 37.2 Å². The van der Waals surface area contributed by atoms with Crippen molar-refractivity contribution in [3.05, 3.63) is 63.1 Å². The number of rotatable bonds is 5. The minimum Gasteiger partial charge on any atom is -0.465 e. The Morgan fingerprint density at radius 3 is 2.32 bits per heavy atom. The molecule has 1 fully saturated rings. The standard InChI is InChI=1S/C23H21Cl2F3N2O4/c1-32-21(31)16-4-2-15(3-5-16)19-12-22(34-29-19)6-8-30(9-7-22)13-14-10-17(24)20(18(25)11-14)33-23(26,27)28/h2-5,10-11H,6-9,12-13H2,1H3. The predicted molar refractivity (Wildman–Crippen MR) is 120 cm³/mol. The van der Waals surface area contributed by atoms with Crippen LogP contribution < -0.4 is 4.74 Å². The highest BCUT2D eigenvalue weighted by Crippen LogP contribution is 2.39. The number of alkyl halides is 3. The molecule has 182 valence electrons. The zero-order valence-corrected chi connectivity index (χ0v) is 19.6. The van der Waals surface area contributed by atoms with Crippen molar-refractivity contribution < 1.29 is 32.3 Å². The van der Waals surface area contributed by atoms with Crippen LogP contribution in [0.5, 0.6) is 5.75 Å². The van der Waals surface area contributed by atoms with Gasteiger partial charge < -0.3 is 14.3 Å². The van der Waals surface area contributed by atoms with Crippen LogP contribution >= 0.6 is 23.2 Å². The Hall–Kier alpha value is -2.49. The maximum absolute atomic E-state index is 12.5. The topological polar surface area (TPSA) is 60.4 Å². The summed E-state index contributed by atoms with van der Waals surface area (Å²) in [7, 11) is 1.34. The molecule has 0 atom stereocenters. The summed E-state index contributed by atoms with van der Waals surface area (Å²) < 4.78 is 46.2. The van der Waals surface area contributed by atoms with Gasteiger partial charge in [0.1, 0.15) is 5.60 Å². The lowest BCUT2D eigenvalue weighted by atomic mass is 9.85. The van der Waals surface area contributed by atoms with Crippen LogP contribution in [0.1, 0.15) is 40.7 Å². The molecule has 2 aromatic carbocycles. The van der Waals surface area contributed by atoms with Crippen molar-refractivity contribution in [2.45, 2.75) is 37.8 Å². The SMILES string of the molecule is COC(=O)c1ccc(C2=NOC3(CCN(Cc4cc(Cl)c(OC(F)(F)F)c(Cl)c4)CC3)C2)cc1. The first kappa shape index (κ1) is 24.6. The Balaban J connectivity index is 1.34. The van der Waals surface area contributed by atoms with E-state index in [0.717, 1.165) is 24.1 Å². The monoisotopic (exact) mass is 516 g/mol. The summed E-state index contributed by atoms with van der Waals surface area (Å²) in [4.78, 5) is 19.6. The number of ether oxygens (including phenoxy) is 2. The lowest BCUT2D eigenvalue weighted by molar-refractivity contribution is -0.274. The molecule has 1 spiro atoms. The average Bonchev–Trinajstić information content (AvgIpc) is 3.21. The molecule has 1 saturated heterocycles. The Morgan fingerprint density at radius 2 is 1.76 bits per heavy atom. The van der Waals surface area contributed by atoms with Gasteiger partial charge in [-0.2, -0.15) is 0 Å². The van der Waals surface area contributed by atoms with E-state index in [1.54, 1.807) is 12.1 Å². The number of carbonyl (C=O) groups excluding carboxylic acids is 1. The van der Waals surface area contributed by atoms with Gasteiger partial charge in [-0.3, -0.25) is 4.90 Å². The maximum Gasteiger partial charge on any atom is 0.573 e. The first-order chi connectivity index (χ1) is 16.1. The normalized spacial score (nSPS) is 17.9. The molecule has 4 rings (SSSR count). The summed E-state index contributed by atoms with van der Waals surface area (Å²) in [6.07, 6.45) is -2.75. The van der Waals surface area contributed by atoms with Crippen LogP contribution in [0.25, 0.3) is 0 Å². The van der Waals surface area contributed by atoms with Gasteiger partial charge in [-0.15, -0.1) is 13.2 Å². The van der Waals surface area contributed by atoms with Crippen LogP contribution in [0, 0.1) is 0 Å². The van der Waals surface area contributed by atoms with Gasteiger partial charge in [0.15, 0.2) is 5.75 Å². The summed E-state index contributed by atoms with van der Waals surface area (Å²) in [5.74, 6) is -0.995. The molecule has 2 aliphatic heterocycles. The molecule has 34 heavy (non-hydrogen) atoms. The first-order valence-electron chi connectivity index (χ1n) is 10.5. The molecule has 0 radical (unpaired) electrons. The van der Waals surface area contributed by atoms with Crippen LogP contribution in [0.4, 0.5) is 13.2 Å². The average molecular weight is 517 g/mol. The van der Waals surface area contributed by atoms with E-state index >= 15 is 0 Å². The summed E-state index contributed by atoms with van der Waals surface area (Å²) in [5, 5.41) is 3.91. The Bertz CT molecular complexity index is 1080. The van der Waals surface area contributed by atoms with Crippen LogP contribution in [0.15, 0.2) is 41.6 Å². The number of likely N-dealkylation sites (tertiary alicyclic amines) is 1. The minimum absolute atomic E-state index is 0.191. The first-order valence-corrected chi connectivity index (χ1v) is 11.2. The number of oxime groups is 1. The molecule has 6 nitrogen and oxygen atoms in total. The Labute approximate surface area is 204 Å². The third-order valence-electron chi connectivity index (χ3n) is 5.93. The second-order valence-electron chi connectivity index (χ2n) is 8.27. The van der Waals surface area contributed by atoms with E-state index in [1.165, 1.54) is 19.2 Å². The summed E-state index contributed by atoms with van der Waals surface area (Å²) in [5.41, 5.74) is 2.47. The fraction of sp³-hybridized carbons (Fsp3) is 0.391. The van der Waals surface area contributed by atoms with Crippen molar-refractivity contribution in [3.8, 4) is 5.75 Å². The Kier molecular flexibility index (Phi) is 6.98. The fourth-order valence-electron chi connectivity index (χ4n) is 4.15. The molecule has 0 aliphatic carbocycles. The number of halogens is 5. The molecule has 0 N–H and O–H groups in total. The zero-order valence-electron chi connectivity index (χ0n) is 18.1. The molecular formula is C23H21Cl2F3N2O4. The molecule has 2 heterocycles. The lowest BCUT2D eigenvalue weighted by Crippen LogP contribution is -2.44. The van der Waals surface area contributed by atoms with E-state index in [4.69, 9.17) is 32.8 Å². The lowest BCUT2D eigenvalue weighted by Gasteiger charge is -2.37. The van der Waals surface area contributed by atoms with Gasteiger partial charge in [0, 0.05) is 38.9 Å². The molecular weight excluding hydrogens is 496 g/mol. The number of hydrogen-bond acceptors (Lipinski definition) is 6. The maximum atomic E-state index is 12.5. The van der Waals surface area contributed by atoms with Crippen LogP contribution in [-0.2, 0) is 16.1 Å². The van der Waals surface area contributed by atoms with Gasteiger partial charge in [0.05, 0.1) is 28.4 Å². The molecule has 0 unspecified atom stereocenters. The van der Waals surface area contributed by atoms with E-state index < -0.39 is 23.7 Å². The van der Waals surface area contributed by atoms with Crippen LogP contribution in [0.2, 0.25) is 10.0 Å². The van der Waals surface area contributed by atoms with Gasteiger partial charge in [0.25, 0.3) is 0 Å². The molecule has 11 heteroatoms. The van der Waals surface area contributed by atoms with Crippen molar-refractivity contribution in [1.82, 2.24) is 4.90 Å². The Morgan fingerprint density at radius 1 is 1.15 bits per heavy atom. The van der Waals surface area contributed by atoms with Crippen LogP contribution in [0.3, 0.4) is 0 Å². The third kappa shape index (κ3) is 5.59. The molecule has 0 saturated carbocycles. The van der Waals surface area contributed by atoms with Crippen molar-refractivity contribution in [1.29, 1.82) is 0 Å². The fourth-order valence-corrected chi connectivity index (χ4v) is 4.76. The number of esters is 1. The summed E-state index contributed by atoms with van der Waals surface area (Å²) in [6, 6.07) is 9.90. The van der Waals surface area contributed by atoms with E-state index in [1.807, 2.05) is 12.1 Å². The second-order valence-corrected chi connectivity index (χ2v) is 9.08. The quantitative estimate of drug-likeness (QED) is 0.467. The third-order valence-corrected chi connectivity index (χ3v) is 6.49. The van der Waals surface area contributed by atoms with Gasteiger partial charge in [-0.1, -0.05) is 40.5 Å². The van der Waals surface area contributed by atoms with Crippen molar-refractivity contribution in [3.63, 3.8) is 0 Å². The number of piperidine rings is 1. The molecule has 0 amide bonds. The van der Waals surface area contributed by atoms with Crippen LogP contribution in [-0.4, -0.2) is 48.7 Å². The second kappa shape index (κ2) is 9.64. The minimum atomic E-state index is -4.87. The highest BCUT2D eigenvalue weighted by molar-refractivity contribution is 6.37. The summed E-state index contributed by atoms with van der Waals surface area (Å²) in [6.45, 7) is 1.89. The smallest absolute Gasteiger partial charge is 0.465 e. The van der Waals surface area contributed by atoms with E-state index in [-0.39, 0.29) is 10.0 Å². The summed E-state index contributed by atoms with van der Waals surface area (Å²) >= 11 is 12.0. The number of benzene rings is 2.